The van der Waals surface area contributed by atoms with E-state index in [2.05, 4.69) is 10.2 Å². The van der Waals surface area contributed by atoms with Gasteiger partial charge in [-0.3, -0.25) is 10.1 Å². The summed E-state index contributed by atoms with van der Waals surface area (Å²) in [6.07, 6.45) is 1.50. The number of hydrogen-bond acceptors (Lipinski definition) is 6. The van der Waals surface area contributed by atoms with Crippen LogP contribution in [0.25, 0.3) is 0 Å². The Labute approximate surface area is 183 Å². The summed E-state index contributed by atoms with van der Waals surface area (Å²) in [7, 11) is 0. The SMILES string of the molecule is Cc1ccc(Sc2ccc([N+](=O)[O-])cc2C=NN=C(N)SCc2ccccc2)cc1. The average Bonchev–Trinajstić information content (AvgIpc) is 2.75. The summed E-state index contributed by atoms with van der Waals surface area (Å²) in [4.78, 5) is 12.6. The van der Waals surface area contributed by atoms with E-state index in [1.165, 1.54) is 47.4 Å². The number of thioether (sulfide) groups is 1. The van der Waals surface area contributed by atoms with Crippen molar-refractivity contribution in [2.24, 2.45) is 15.9 Å². The minimum absolute atomic E-state index is 0.000102. The smallest absolute Gasteiger partial charge is 0.270 e. The van der Waals surface area contributed by atoms with Crippen molar-refractivity contribution in [3.05, 3.63) is 99.6 Å². The molecule has 2 N–H and O–H groups in total. The Morgan fingerprint density at radius 1 is 1.10 bits per heavy atom. The molecule has 8 heteroatoms. The molecule has 0 aliphatic rings. The van der Waals surface area contributed by atoms with Gasteiger partial charge >= 0.3 is 0 Å². The summed E-state index contributed by atoms with van der Waals surface area (Å²) >= 11 is 2.89. The molecular formula is C22H20N4O2S2. The first kappa shape index (κ1) is 21.6. The normalized spacial score (nSPS) is 11.7. The monoisotopic (exact) mass is 436 g/mol. The number of nitro groups is 1. The highest BCUT2D eigenvalue weighted by atomic mass is 32.2. The number of nitrogens with zero attached hydrogens (tertiary/aromatic N) is 3. The number of amidine groups is 1. The summed E-state index contributed by atoms with van der Waals surface area (Å²) in [5.41, 5.74) is 8.84. The first-order valence-electron chi connectivity index (χ1n) is 9.07. The quantitative estimate of drug-likeness (QED) is 0.224. The third kappa shape index (κ3) is 6.47. The molecule has 0 bridgehead atoms. The van der Waals surface area contributed by atoms with Crippen molar-refractivity contribution in [2.75, 3.05) is 0 Å². The van der Waals surface area contributed by atoms with Crippen molar-refractivity contribution < 1.29 is 4.92 Å². The third-order valence-corrected chi connectivity index (χ3v) is 5.99. The fourth-order valence-corrected chi connectivity index (χ4v) is 3.99. The van der Waals surface area contributed by atoms with Crippen LogP contribution in [0.15, 0.2) is 92.8 Å². The van der Waals surface area contributed by atoms with Crippen molar-refractivity contribution in [2.45, 2.75) is 22.5 Å². The molecule has 0 aromatic heterocycles. The summed E-state index contributed by atoms with van der Waals surface area (Å²) in [6.45, 7) is 2.02. The van der Waals surface area contributed by atoms with Crippen molar-refractivity contribution >= 4 is 40.6 Å². The molecule has 0 saturated carbocycles. The molecule has 0 unspecified atom stereocenters. The van der Waals surface area contributed by atoms with Gasteiger partial charge in [-0.15, -0.1) is 5.10 Å². The number of non-ortho nitro benzene ring substituents is 1. The lowest BCUT2D eigenvalue weighted by atomic mass is 10.2. The molecule has 0 amide bonds. The summed E-state index contributed by atoms with van der Waals surface area (Å²) < 4.78 is 0. The second-order valence-electron chi connectivity index (χ2n) is 6.35. The van der Waals surface area contributed by atoms with E-state index in [0.29, 0.717) is 16.5 Å². The van der Waals surface area contributed by atoms with Crippen molar-refractivity contribution in [1.29, 1.82) is 0 Å². The first-order chi connectivity index (χ1) is 14.5. The third-order valence-electron chi connectivity index (χ3n) is 4.04. The topological polar surface area (TPSA) is 93.9 Å². The van der Waals surface area contributed by atoms with E-state index in [1.807, 2.05) is 61.5 Å². The molecular weight excluding hydrogens is 416 g/mol. The Balaban J connectivity index is 1.75. The highest BCUT2D eigenvalue weighted by Gasteiger charge is 2.11. The van der Waals surface area contributed by atoms with Crippen LogP contribution in [0.5, 0.6) is 0 Å². The van der Waals surface area contributed by atoms with Gasteiger partial charge in [0.15, 0.2) is 5.17 Å². The van der Waals surface area contributed by atoms with Gasteiger partial charge in [0.1, 0.15) is 0 Å². The number of hydrogen-bond donors (Lipinski definition) is 1. The second-order valence-corrected chi connectivity index (χ2v) is 8.46. The number of rotatable bonds is 7. The molecule has 0 fully saturated rings. The second kappa shape index (κ2) is 10.6. The maximum Gasteiger partial charge on any atom is 0.270 e. The standard InChI is InChI=1S/C22H20N4O2S2/c1-16-7-10-20(11-8-16)30-21-12-9-19(26(27)28)13-18(21)14-24-25-22(23)29-15-17-5-3-2-4-6-17/h2-14H,15H2,1H3,(H2,23,25). The minimum Gasteiger partial charge on any atom is -0.377 e. The molecule has 0 aliphatic carbocycles. The Hall–Kier alpha value is -3.10. The molecule has 3 aromatic rings. The van der Waals surface area contributed by atoms with Gasteiger partial charge in [-0.2, -0.15) is 5.10 Å². The van der Waals surface area contributed by atoms with E-state index in [1.54, 1.807) is 6.07 Å². The highest BCUT2D eigenvalue weighted by molar-refractivity contribution is 8.13. The zero-order valence-electron chi connectivity index (χ0n) is 16.3. The zero-order valence-corrected chi connectivity index (χ0v) is 17.9. The fraction of sp³-hybridized carbons (Fsp3) is 0.0909. The molecule has 0 heterocycles. The van der Waals surface area contributed by atoms with E-state index in [-0.39, 0.29) is 5.69 Å². The van der Waals surface area contributed by atoms with Crippen LogP contribution in [0.3, 0.4) is 0 Å². The average molecular weight is 437 g/mol. The van der Waals surface area contributed by atoms with Gasteiger partial charge in [0.05, 0.1) is 11.1 Å². The molecule has 3 rings (SSSR count). The van der Waals surface area contributed by atoms with Gasteiger partial charge in [0.2, 0.25) is 0 Å². The lowest BCUT2D eigenvalue weighted by molar-refractivity contribution is -0.384. The predicted molar refractivity (Wildman–Crippen MR) is 125 cm³/mol. The molecule has 6 nitrogen and oxygen atoms in total. The molecule has 152 valence electrons. The van der Waals surface area contributed by atoms with Crippen LogP contribution in [0, 0.1) is 17.0 Å². The van der Waals surface area contributed by atoms with E-state index in [9.17, 15) is 10.1 Å². The van der Waals surface area contributed by atoms with Gasteiger partial charge < -0.3 is 5.73 Å². The highest BCUT2D eigenvalue weighted by Crippen LogP contribution is 2.32. The van der Waals surface area contributed by atoms with Crippen LogP contribution in [-0.2, 0) is 5.75 Å². The Kier molecular flexibility index (Phi) is 7.64. The Morgan fingerprint density at radius 2 is 1.83 bits per heavy atom. The van der Waals surface area contributed by atoms with Crippen LogP contribution in [0.2, 0.25) is 0 Å². The lowest BCUT2D eigenvalue weighted by Crippen LogP contribution is -2.06. The van der Waals surface area contributed by atoms with Crippen LogP contribution in [-0.4, -0.2) is 16.3 Å². The fourth-order valence-electron chi connectivity index (χ4n) is 2.48. The molecule has 30 heavy (non-hydrogen) atoms. The number of nitro benzene ring substituents is 1. The number of benzene rings is 3. The van der Waals surface area contributed by atoms with Gasteiger partial charge in [-0.25, -0.2) is 0 Å². The molecule has 0 saturated heterocycles. The molecule has 0 radical (unpaired) electrons. The molecule has 0 atom stereocenters. The van der Waals surface area contributed by atoms with Crippen LogP contribution in [0.4, 0.5) is 5.69 Å². The van der Waals surface area contributed by atoms with Crippen LogP contribution < -0.4 is 5.73 Å². The minimum atomic E-state index is -0.426. The van der Waals surface area contributed by atoms with E-state index >= 15 is 0 Å². The predicted octanol–water partition coefficient (Wildman–Crippen LogP) is 5.64. The Bertz CT molecular complexity index is 1070. The maximum absolute atomic E-state index is 11.2. The van der Waals surface area contributed by atoms with E-state index < -0.39 is 4.92 Å². The van der Waals surface area contributed by atoms with E-state index in [0.717, 1.165) is 15.4 Å². The Morgan fingerprint density at radius 3 is 2.53 bits per heavy atom. The summed E-state index contributed by atoms with van der Waals surface area (Å²) in [5, 5.41) is 19.6. The van der Waals surface area contributed by atoms with Crippen molar-refractivity contribution in [3.8, 4) is 0 Å². The van der Waals surface area contributed by atoms with Gasteiger partial charge in [0, 0.05) is 33.2 Å². The number of nitrogens with two attached hydrogens (primary N) is 1. The lowest BCUT2D eigenvalue weighted by Gasteiger charge is -2.06. The van der Waals surface area contributed by atoms with Gasteiger partial charge in [-0.1, -0.05) is 71.6 Å². The molecule has 3 aromatic carbocycles. The summed E-state index contributed by atoms with van der Waals surface area (Å²) in [6, 6.07) is 22.7. The van der Waals surface area contributed by atoms with Gasteiger partial charge in [-0.05, 0) is 30.7 Å². The molecule has 0 aliphatic heterocycles. The largest absolute Gasteiger partial charge is 0.377 e. The number of aryl methyl sites for hydroxylation is 1. The zero-order chi connectivity index (χ0) is 21.3. The summed E-state index contributed by atoms with van der Waals surface area (Å²) in [5.74, 6) is 0.691. The van der Waals surface area contributed by atoms with E-state index in [4.69, 9.17) is 5.73 Å². The van der Waals surface area contributed by atoms with Gasteiger partial charge in [0.25, 0.3) is 5.69 Å². The first-order valence-corrected chi connectivity index (χ1v) is 10.9. The van der Waals surface area contributed by atoms with Crippen molar-refractivity contribution in [1.82, 2.24) is 0 Å². The van der Waals surface area contributed by atoms with Crippen LogP contribution >= 0.6 is 23.5 Å². The van der Waals surface area contributed by atoms with Crippen LogP contribution in [0.1, 0.15) is 16.7 Å². The van der Waals surface area contributed by atoms with Crippen molar-refractivity contribution in [3.63, 3.8) is 0 Å². The molecule has 0 spiro atoms. The maximum atomic E-state index is 11.2.